The number of fused-ring (bicyclic) bond motifs is 1. The number of nitrogens with two attached hydrogens (primary N) is 1. The van der Waals surface area contributed by atoms with E-state index >= 15 is 0 Å². The highest BCUT2D eigenvalue weighted by atomic mass is 16.5. The summed E-state index contributed by atoms with van der Waals surface area (Å²) in [5, 5.41) is 0. The molecule has 0 aromatic heterocycles. The summed E-state index contributed by atoms with van der Waals surface area (Å²) < 4.78 is 11.7. The van der Waals surface area contributed by atoms with Gasteiger partial charge in [0.05, 0.1) is 37.6 Å². The normalized spacial score (nSPS) is 24.9. The summed E-state index contributed by atoms with van der Waals surface area (Å²) in [6.07, 6.45) is 6.81. The van der Waals surface area contributed by atoms with Crippen LogP contribution in [0.2, 0.25) is 0 Å². The van der Waals surface area contributed by atoms with Crippen molar-refractivity contribution in [3.8, 4) is 0 Å². The van der Waals surface area contributed by atoms with Crippen LogP contribution in [0.4, 0.5) is 0 Å². The van der Waals surface area contributed by atoms with Crippen molar-refractivity contribution >= 4 is 11.8 Å². The molecule has 6 rings (SSSR count). The van der Waals surface area contributed by atoms with Crippen molar-refractivity contribution in [1.82, 2.24) is 4.90 Å². The summed E-state index contributed by atoms with van der Waals surface area (Å²) in [5.41, 5.74) is 9.78. The molecule has 0 radical (unpaired) electrons. The van der Waals surface area contributed by atoms with Gasteiger partial charge >= 0.3 is 0 Å². The summed E-state index contributed by atoms with van der Waals surface area (Å²) in [5.74, 6) is 0.797. The van der Waals surface area contributed by atoms with Crippen molar-refractivity contribution in [2.24, 2.45) is 28.4 Å². The SMILES string of the molecule is CCC[C@]1(CN)C[C@H]1COCc1ccccc1.CCC[C@]1(CN2C(=O)c3ccccc3C2=O)C[C@H]1COCc1ccccc1. The fraction of sp³-hybridized carbons (Fsp3) is 0.474. The number of rotatable bonds is 15. The number of nitrogens with zero attached hydrogens (tertiary/aromatic N) is 1. The quantitative estimate of drug-likeness (QED) is 0.187. The third-order valence-electron chi connectivity index (χ3n) is 9.83. The third-order valence-corrected chi connectivity index (χ3v) is 9.83. The minimum Gasteiger partial charge on any atom is -0.376 e. The molecule has 2 saturated carbocycles. The fourth-order valence-corrected chi connectivity index (χ4v) is 7.05. The molecule has 2 aliphatic carbocycles. The molecule has 3 aromatic carbocycles. The Labute approximate surface area is 262 Å². The maximum atomic E-state index is 12.7. The molecule has 44 heavy (non-hydrogen) atoms. The van der Waals surface area contributed by atoms with E-state index in [1.165, 1.54) is 35.3 Å². The Hall–Kier alpha value is -3.32. The van der Waals surface area contributed by atoms with E-state index in [4.69, 9.17) is 15.2 Å². The van der Waals surface area contributed by atoms with Crippen LogP contribution < -0.4 is 5.73 Å². The molecule has 2 N–H and O–H groups in total. The van der Waals surface area contributed by atoms with Crippen LogP contribution in [0.15, 0.2) is 84.9 Å². The smallest absolute Gasteiger partial charge is 0.261 e. The minimum atomic E-state index is -0.151. The zero-order chi connectivity index (χ0) is 31.0. The van der Waals surface area contributed by atoms with Gasteiger partial charge in [-0.3, -0.25) is 14.5 Å². The van der Waals surface area contributed by atoms with Crippen LogP contribution in [0, 0.1) is 22.7 Å². The Kier molecular flexibility index (Phi) is 10.7. The Bertz CT molecular complexity index is 1340. The summed E-state index contributed by atoms with van der Waals surface area (Å²) in [6, 6.07) is 27.6. The van der Waals surface area contributed by atoms with Gasteiger partial charge in [-0.1, -0.05) is 99.5 Å². The van der Waals surface area contributed by atoms with Crippen LogP contribution in [0.1, 0.15) is 84.2 Å². The van der Waals surface area contributed by atoms with Crippen molar-refractivity contribution in [3.05, 3.63) is 107 Å². The van der Waals surface area contributed by atoms with Crippen LogP contribution in [-0.2, 0) is 22.7 Å². The number of hydrogen-bond donors (Lipinski definition) is 1. The number of ether oxygens (including phenoxy) is 2. The Morgan fingerprint density at radius 2 is 1.11 bits per heavy atom. The first-order valence-corrected chi connectivity index (χ1v) is 16.3. The molecule has 0 saturated heterocycles. The molecule has 4 atom stereocenters. The van der Waals surface area contributed by atoms with Crippen molar-refractivity contribution in [2.75, 3.05) is 26.3 Å². The van der Waals surface area contributed by atoms with Gasteiger partial charge in [-0.05, 0) is 78.2 Å². The molecule has 234 valence electrons. The first-order valence-electron chi connectivity index (χ1n) is 16.3. The zero-order valence-corrected chi connectivity index (χ0v) is 26.4. The molecule has 2 amide bonds. The van der Waals surface area contributed by atoms with Crippen LogP contribution in [0.3, 0.4) is 0 Å². The second-order valence-corrected chi connectivity index (χ2v) is 13.0. The first-order chi connectivity index (χ1) is 21.4. The van der Waals surface area contributed by atoms with E-state index in [0.29, 0.717) is 48.1 Å². The standard InChI is InChI=1S/C23H25NO3.C15H23NO/c1-2-12-23(13-18(23)15-27-14-17-8-4-3-5-9-17)16-24-21(25)19-10-6-7-11-20(19)22(24)26;1-2-8-15(12-16)9-14(15)11-17-10-13-6-4-3-5-7-13/h3-11,18H,2,12-16H2,1H3;3-7,14H,2,8-12,16H2,1H3/t18-,23+;14-,15+/m00/s1. The first kappa shape index (κ1) is 32.1. The average Bonchev–Trinajstić information content (AvgIpc) is 3.93. The average molecular weight is 597 g/mol. The highest BCUT2D eigenvalue weighted by Crippen LogP contribution is 2.57. The van der Waals surface area contributed by atoms with Gasteiger partial charge in [0.15, 0.2) is 0 Å². The lowest BCUT2D eigenvalue weighted by Gasteiger charge is -2.23. The van der Waals surface area contributed by atoms with E-state index < -0.39 is 0 Å². The molecule has 3 aromatic rings. The number of amides is 2. The predicted octanol–water partition coefficient (Wildman–Crippen LogP) is 7.27. The zero-order valence-electron chi connectivity index (χ0n) is 26.4. The second kappa shape index (κ2) is 14.6. The van der Waals surface area contributed by atoms with Gasteiger partial charge in [0.25, 0.3) is 11.8 Å². The van der Waals surface area contributed by atoms with Gasteiger partial charge in [-0.15, -0.1) is 0 Å². The number of hydrogen-bond acceptors (Lipinski definition) is 5. The molecular weight excluding hydrogens is 548 g/mol. The Balaban J connectivity index is 0.000000195. The number of benzene rings is 3. The molecule has 0 bridgehead atoms. The second-order valence-electron chi connectivity index (χ2n) is 13.0. The van der Waals surface area contributed by atoms with Gasteiger partial charge in [0.1, 0.15) is 0 Å². The summed E-state index contributed by atoms with van der Waals surface area (Å²) >= 11 is 0. The van der Waals surface area contributed by atoms with Gasteiger partial charge in [0, 0.05) is 6.54 Å². The van der Waals surface area contributed by atoms with E-state index in [2.05, 4.69) is 50.2 Å². The van der Waals surface area contributed by atoms with Crippen LogP contribution in [0.25, 0.3) is 0 Å². The van der Waals surface area contributed by atoms with Crippen LogP contribution in [-0.4, -0.2) is 43.0 Å². The van der Waals surface area contributed by atoms with Crippen LogP contribution in [0.5, 0.6) is 0 Å². The Morgan fingerprint density at radius 1 is 0.682 bits per heavy atom. The van der Waals surface area contributed by atoms with Crippen molar-refractivity contribution in [3.63, 3.8) is 0 Å². The van der Waals surface area contributed by atoms with E-state index in [0.717, 1.165) is 39.0 Å². The number of carbonyl (C=O) groups is 2. The lowest BCUT2D eigenvalue weighted by molar-refractivity contribution is 0.0581. The lowest BCUT2D eigenvalue weighted by atomic mass is 9.96. The van der Waals surface area contributed by atoms with Crippen molar-refractivity contribution in [1.29, 1.82) is 0 Å². The monoisotopic (exact) mass is 596 g/mol. The third kappa shape index (κ3) is 7.48. The summed E-state index contributed by atoms with van der Waals surface area (Å²) in [6.45, 7) is 8.59. The number of carbonyl (C=O) groups excluding carboxylic acids is 2. The molecule has 6 heteroatoms. The van der Waals surface area contributed by atoms with E-state index in [-0.39, 0.29) is 17.2 Å². The molecule has 0 spiro atoms. The fourth-order valence-electron chi connectivity index (χ4n) is 7.05. The van der Waals surface area contributed by atoms with E-state index in [1.807, 2.05) is 36.4 Å². The highest BCUT2D eigenvalue weighted by molar-refractivity contribution is 6.21. The molecule has 0 unspecified atom stereocenters. The molecule has 2 fully saturated rings. The van der Waals surface area contributed by atoms with Gasteiger partial charge in [0.2, 0.25) is 0 Å². The molecule has 6 nitrogen and oxygen atoms in total. The highest BCUT2D eigenvalue weighted by Gasteiger charge is 2.56. The topological polar surface area (TPSA) is 81.9 Å². The predicted molar refractivity (Wildman–Crippen MR) is 174 cm³/mol. The molecule has 1 heterocycles. The van der Waals surface area contributed by atoms with Crippen molar-refractivity contribution in [2.45, 2.75) is 65.6 Å². The summed E-state index contributed by atoms with van der Waals surface area (Å²) in [7, 11) is 0. The molecule has 1 aliphatic heterocycles. The Morgan fingerprint density at radius 3 is 1.59 bits per heavy atom. The maximum absolute atomic E-state index is 12.7. The maximum Gasteiger partial charge on any atom is 0.261 e. The van der Waals surface area contributed by atoms with Gasteiger partial charge < -0.3 is 15.2 Å². The largest absolute Gasteiger partial charge is 0.376 e. The van der Waals surface area contributed by atoms with E-state index in [1.54, 1.807) is 12.1 Å². The van der Waals surface area contributed by atoms with Crippen molar-refractivity contribution < 1.29 is 19.1 Å². The van der Waals surface area contributed by atoms with Gasteiger partial charge in [-0.25, -0.2) is 0 Å². The lowest BCUT2D eigenvalue weighted by Crippen LogP contribution is -2.36. The summed E-state index contributed by atoms with van der Waals surface area (Å²) in [4.78, 5) is 26.8. The number of imide groups is 1. The molecular formula is C38H48N2O4. The molecule has 3 aliphatic rings. The minimum absolute atomic E-state index is 0.0127. The van der Waals surface area contributed by atoms with Crippen LogP contribution >= 0.6 is 0 Å². The van der Waals surface area contributed by atoms with E-state index in [9.17, 15) is 9.59 Å². The van der Waals surface area contributed by atoms with Gasteiger partial charge in [-0.2, -0.15) is 0 Å².